The maximum Gasteiger partial charge on any atom is 0.216 e. The van der Waals surface area contributed by atoms with Gasteiger partial charge < -0.3 is 15.2 Å². The number of nitrogens with zero attached hydrogens (tertiary/aromatic N) is 2. The third-order valence-electron chi connectivity index (χ3n) is 4.02. The number of carbonyl (C=O) groups is 1. The van der Waals surface area contributed by atoms with E-state index >= 15 is 0 Å². The number of carbonyl (C=O) groups excluding carboxylic acids is 1. The van der Waals surface area contributed by atoms with Crippen LogP contribution in [0.2, 0.25) is 0 Å². The minimum absolute atomic E-state index is 0.00320. The van der Waals surface area contributed by atoms with E-state index in [2.05, 4.69) is 20.7 Å². The molecule has 0 saturated heterocycles. The largest absolute Gasteiger partial charge is 0.359 e. The van der Waals surface area contributed by atoms with E-state index < -0.39 is 0 Å². The molecular formula is C17H21FN4O2. The Morgan fingerprint density at radius 3 is 3.12 bits per heavy atom. The van der Waals surface area contributed by atoms with Crippen LogP contribution in [0.3, 0.4) is 0 Å². The molecule has 3 rings (SSSR count). The lowest BCUT2D eigenvalue weighted by molar-refractivity contribution is -0.118. The molecule has 0 radical (unpaired) electrons. The van der Waals surface area contributed by atoms with Crippen molar-refractivity contribution in [1.82, 2.24) is 15.4 Å². The van der Waals surface area contributed by atoms with Crippen LogP contribution in [0, 0.1) is 5.82 Å². The number of aromatic nitrogens is 1. The van der Waals surface area contributed by atoms with Gasteiger partial charge in [-0.05, 0) is 24.6 Å². The Hall–Kier alpha value is -2.41. The first-order chi connectivity index (χ1) is 11.6. The molecule has 6 nitrogen and oxygen atoms in total. The Kier molecular flexibility index (Phi) is 5.10. The number of nitrogens with one attached hydrogen (secondary N) is 2. The number of hydrogen-bond acceptors (Lipinski definition) is 5. The molecule has 0 saturated carbocycles. The molecule has 0 fully saturated rings. The zero-order chi connectivity index (χ0) is 16.9. The minimum Gasteiger partial charge on any atom is -0.359 e. The molecule has 1 amide bonds. The molecule has 0 atom stereocenters. The predicted molar refractivity (Wildman–Crippen MR) is 88.5 cm³/mol. The summed E-state index contributed by atoms with van der Waals surface area (Å²) in [4.78, 5) is 13.2. The van der Waals surface area contributed by atoms with Crippen LogP contribution in [0.4, 0.5) is 15.9 Å². The van der Waals surface area contributed by atoms with Crippen molar-refractivity contribution < 1.29 is 13.7 Å². The van der Waals surface area contributed by atoms with Gasteiger partial charge in [-0.3, -0.25) is 9.69 Å². The van der Waals surface area contributed by atoms with Crippen LogP contribution in [0.15, 0.2) is 28.8 Å². The Balaban J connectivity index is 1.61. The highest BCUT2D eigenvalue weighted by atomic mass is 19.1. The fourth-order valence-corrected chi connectivity index (χ4v) is 2.82. The Morgan fingerprint density at radius 2 is 2.33 bits per heavy atom. The molecule has 2 heterocycles. The molecule has 1 aromatic heterocycles. The fraction of sp³-hybridized carbons (Fsp3) is 0.412. The van der Waals surface area contributed by atoms with Crippen molar-refractivity contribution in [2.45, 2.75) is 26.3 Å². The Labute approximate surface area is 140 Å². The van der Waals surface area contributed by atoms with Gasteiger partial charge in [0.15, 0.2) is 5.82 Å². The smallest absolute Gasteiger partial charge is 0.216 e. The van der Waals surface area contributed by atoms with Crippen molar-refractivity contribution >= 4 is 17.4 Å². The average molecular weight is 332 g/mol. The summed E-state index contributed by atoms with van der Waals surface area (Å²) >= 11 is 0. The fourth-order valence-electron chi connectivity index (χ4n) is 2.82. The second kappa shape index (κ2) is 7.44. The first-order valence-electron chi connectivity index (χ1n) is 8.08. The Morgan fingerprint density at radius 1 is 1.46 bits per heavy atom. The number of amides is 1. The van der Waals surface area contributed by atoms with Gasteiger partial charge in [0.05, 0.1) is 5.56 Å². The van der Waals surface area contributed by atoms with Crippen LogP contribution in [0.25, 0.3) is 0 Å². The summed E-state index contributed by atoms with van der Waals surface area (Å²) in [6.45, 7) is 4.73. The third-order valence-corrected chi connectivity index (χ3v) is 4.02. The van der Waals surface area contributed by atoms with Gasteiger partial charge >= 0.3 is 0 Å². The van der Waals surface area contributed by atoms with E-state index in [1.54, 1.807) is 12.1 Å². The number of halogens is 1. The highest BCUT2D eigenvalue weighted by Gasteiger charge is 2.24. The summed E-state index contributed by atoms with van der Waals surface area (Å²) in [5, 5.41) is 10.0. The molecule has 2 aromatic rings. The lowest BCUT2D eigenvalue weighted by Crippen LogP contribution is -2.33. The highest BCUT2D eigenvalue weighted by molar-refractivity contribution is 5.72. The zero-order valence-electron chi connectivity index (χ0n) is 13.6. The van der Waals surface area contributed by atoms with Gasteiger partial charge in [-0.1, -0.05) is 11.2 Å². The van der Waals surface area contributed by atoms with E-state index in [0.29, 0.717) is 18.1 Å². The van der Waals surface area contributed by atoms with Crippen LogP contribution >= 0.6 is 0 Å². The van der Waals surface area contributed by atoms with Crippen LogP contribution in [0.5, 0.6) is 0 Å². The molecule has 1 aromatic carbocycles. The summed E-state index contributed by atoms with van der Waals surface area (Å²) in [6, 6.07) is 6.27. The maximum absolute atomic E-state index is 13.3. The number of rotatable bonds is 6. The van der Waals surface area contributed by atoms with Crippen molar-refractivity contribution in [3.8, 4) is 0 Å². The van der Waals surface area contributed by atoms with Crippen molar-refractivity contribution in [3.05, 3.63) is 41.4 Å². The lowest BCUT2D eigenvalue weighted by Gasteiger charge is -2.26. The van der Waals surface area contributed by atoms with Crippen LogP contribution in [-0.4, -0.2) is 35.6 Å². The van der Waals surface area contributed by atoms with E-state index in [1.165, 1.54) is 19.1 Å². The molecule has 0 bridgehead atoms. The summed E-state index contributed by atoms with van der Waals surface area (Å²) < 4.78 is 18.7. The maximum atomic E-state index is 13.3. The molecule has 7 heteroatoms. The Bertz CT molecular complexity index is 716. The van der Waals surface area contributed by atoms with Crippen LogP contribution < -0.4 is 10.6 Å². The molecule has 1 aliphatic rings. The van der Waals surface area contributed by atoms with Gasteiger partial charge in [0.2, 0.25) is 5.91 Å². The van der Waals surface area contributed by atoms with E-state index in [4.69, 9.17) is 4.52 Å². The van der Waals surface area contributed by atoms with E-state index in [9.17, 15) is 9.18 Å². The monoisotopic (exact) mass is 332 g/mol. The number of anilines is 2. The second-order valence-corrected chi connectivity index (χ2v) is 5.93. The topological polar surface area (TPSA) is 70.4 Å². The van der Waals surface area contributed by atoms with E-state index in [-0.39, 0.29) is 11.7 Å². The molecule has 24 heavy (non-hydrogen) atoms. The molecule has 128 valence electrons. The van der Waals surface area contributed by atoms with Gasteiger partial charge in [0.1, 0.15) is 11.6 Å². The summed E-state index contributed by atoms with van der Waals surface area (Å²) in [6.07, 6.45) is 1.69. The number of fused-ring (bicyclic) bond motifs is 1. The molecular weight excluding hydrogens is 311 g/mol. The van der Waals surface area contributed by atoms with Crippen molar-refractivity contribution in [3.63, 3.8) is 0 Å². The summed E-state index contributed by atoms with van der Waals surface area (Å²) in [5.41, 5.74) is 1.67. The third kappa shape index (κ3) is 4.11. The predicted octanol–water partition coefficient (Wildman–Crippen LogP) is 2.44. The molecule has 0 spiro atoms. The van der Waals surface area contributed by atoms with Gasteiger partial charge in [0.25, 0.3) is 0 Å². The normalized spacial score (nSPS) is 14.2. The zero-order valence-corrected chi connectivity index (χ0v) is 13.6. The van der Waals surface area contributed by atoms with Gasteiger partial charge in [-0.2, -0.15) is 0 Å². The van der Waals surface area contributed by atoms with Crippen LogP contribution in [-0.2, 0) is 17.8 Å². The van der Waals surface area contributed by atoms with Crippen molar-refractivity contribution in [1.29, 1.82) is 0 Å². The quantitative estimate of drug-likeness (QED) is 0.795. The molecule has 0 aliphatic carbocycles. The second-order valence-electron chi connectivity index (χ2n) is 5.93. The number of benzene rings is 1. The first-order valence-corrected chi connectivity index (χ1v) is 8.08. The minimum atomic E-state index is -0.294. The SMILES string of the molecule is CC(=O)NCCCN1CCc2onc(Nc3cccc(F)c3)c2C1. The van der Waals surface area contributed by atoms with E-state index in [1.807, 2.05) is 0 Å². The van der Waals surface area contributed by atoms with Gasteiger partial charge in [-0.25, -0.2) is 4.39 Å². The molecule has 1 aliphatic heterocycles. The first kappa shape index (κ1) is 16.4. The highest BCUT2D eigenvalue weighted by Crippen LogP contribution is 2.28. The van der Waals surface area contributed by atoms with E-state index in [0.717, 1.165) is 43.8 Å². The average Bonchev–Trinajstić information content (AvgIpc) is 2.94. The van der Waals surface area contributed by atoms with Crippen LogP contribution in [0.1, 0.15) is 24.7 Å². The number of hydrogen-bond donors (Lipinski definition) is 2. The van der Waals surface area contributed by atoms with Gasteiger partial charge in [0, 0.05) is 45.2 Å². The lowest BCUT2D eigenvalue weighted by atomic mass is 10.1. The van der Waals surface area contributed by atoms with Crippen molar-refractivity contribution in [2.24, 2.45) is 0 Å². The molecule has 2 N–H and O–H groups in total. The van der Waals surface area contributed by atoms with Gasteiger partial charge in [-0.15, -0.1) is 0 Å². The molecule has 0 unspecified atom stereocenters. The summed E-state index contributed by atoms with van der Waals surface area (Å²) in [5.74, 6) is 1.22. The standard InChI is InChI=1S/C17H21FN4O2/c1-12(23)19-7-3-8-22-9-6-16-15(11-22)17(21-24-16)20-14-5-2-4-13(18)10-14/h2,4-5,10H,3,6-9,11H2,1H3,(H,19,23)(H,20,21). The summed E-state index contributed by atoms with van der Waals surface area (Å²) in [7, 11) is 0. The van der Waals surface area contributed by atoms with Crippen molar-refractivity contribution in [2.75, 3.05) is 25.0 Å².